The molecule has 0 aliphatic rings. The standard InChI is InChI=1S/C13H17BrN6O2/c1-4-19-6-8(14)10(17-19)13(22)16-9-7-20(5-2)18-11(9)12(21)15-3/h6-7H,4-5H2,1-3H3,(H,15,21)(H,16,22). The Bertz CT molecular complexity index is 705. The summed E-state index contributed by atoms with van der Waals surface area (Å²) >= 11 is 3.31. The summed E-state index contributed by atoms with van der Waals surface area (Å²) in [6.45, 7) is 5.07. The van der Waals surface area contributed by atoms with E-state index in [9.17, 15) is 9.59 Å². The van der Waals surface area contributed by atoms with E-state index in [4.69, 9.17) is 0 Å². The summed E-state index contributed by atoms with van der Waals surface area (Å²) in [6, 6.07) is 0. The Kier molecular flexibility index (Phi) is 4.96. The molecule has 2 amide bonds. The number of nitrogens with zero attached hydrogens (tertiary/aromatic N) is 4. The lowest BCUT2D eigenvalue weighted by atomic mass is 10.3. The van der Waals surface area contributed by atoms with Crippen molar-refractivity contribution in [3.63, 3.8) is 0 Å². The Morgan fingerprint density at radius 3 is 2.23 bits per heavy atom. The van der Waals surface area contributed by atoms with Crippen LogP contribution in [0.25, 0.3) is 0 Å². The number of aromatic nitrogens is 4. The molecule has 0 unspecified atom stereocenters. The summed E-state index contributed by atoms with van der Waals surface area (Å²) in [6.07, 6.45) is 3.34. The topological polar surface area (TPSA) is 93.8 Å². The number of anilines is 1. The first-order valence-electron chi connectivity index (χ1n) is 6.83. The molecular formula is C13H17BrN6O2. The summed E-state index contributed by atoms with van der Waals surface area (Å²) in [5, 5.41) is 13.5. The number of carbonyl (C=O) groups excluding carboxylic acids is 2. The Hall–Kier alpha value is -2.16. The highest BCUT2D eigenvalue weighted by molar-refractivity contribution is 9.10. The summed E-state index contributed by atoms with van der Waals surface area (Å²) < 4.78 is 3.82. The lowest BCUT2D eigenvalue weighted by Crippen LogP contribution is -2.22. The number of rotatable bonds is 5. The van der Waals surface area contributed by atoms with Crippen molar-refractivity contribution in [2.24, 2.45) is 0 Å². The smallest absolute Gasteiger partial charge is 0.277 e. The van der Waals surface area contributed by atoms with E-state index in [0.717, 1.165) is 0 Å². The van der Waals surface area contributed by atoms with Crippen molar-refractivity contribution < 1.29 is 9.59 Å². The number of halogens is 1. The van der Waals surface area contributed by atoms with E-state index in [0.29, 0.717) is 23.2 Å². The van der Waals surface area contributed by atoms with Crippen LogP contribution in [0.2, 0.25) is 0 Å². The maximum absolute atomic E-state index is 12.3. The van der Waals surface area contributed by atoms with E-state index in [1.807, 2.05) is 13.8 Å². The average molecular weight is 369 g/mol. The Morgan fingerprint density at radius 2 is 1.68 bits per heavy atom. The molecule has 0 bridgehead atoms. The van der Waals surface area contributed by atoms with E-state index in [1.165, 1.54) is 7.05 Å². The monoisotopic (exact) mass is 368 g/mol. The van der Waals surface area contributed by atoms with Gasteiger partial charge in [0.25, 0.3) is 11.8 Å². The second-order valence-electron chi connectivity index (χ2n) is 4.46. The molecule has 2 rings (SSSR count). The Balaban J connectivity index is 2.29. The highest BCUT2D eigenvalue weighted by Crippen LogP contribution is 2.19. The van der Waals surface area contributed by atoms with Gasteiger partial charge in [-0.1, -0.05) is 0 Å². The van der Waals surface area contributed by atoms with Crippen LogP contribution in [0.4, 0.5) is 5.69 Å². The SMILES string of the molecule is CCn1cc(Br)c(C(=O)Nc2cn(CC)nc2C(=O)NC)n1. The molecule has 0 fully saturated rings. The van der Waals surface area contributed by atoms with Gasteiger partial charge in [0.05, 0.1) is 10.2 Å². The quantitative estimate of drug-likeness (QED) is 0.835. The lowest BCUT2D eigenvalue weighted by molar-refractivity contribution is 0.0958. The van der Waals surface area contributed by atoms with Gasteiger partial charge < -0.3 is 10.6 Å². The van der Waals surface area contributed by atoms with Crippen LogP contribution < -0.4 is 10.6 Å². The summed E-state index contributed by atoms with van der Waals surface area (Å²) in [7, 11) is 1.51. The molecule has 8 nitrogen and oxygen atoms in total. The second kappa shape index (κ2) is 6.73. The van der Waals surface area contributed by atoms with Gasteiger partial charge in [-0.15, -0.1) is 0 Å². The number of hydrogen-bond acceptors (Lipinski definition) is 4. The molecule has 2 heterocycles. The van der Waals surface area contributed by atoms with Crippen molar-refractivity contribution in [1.82, 2.24) is 24.9 Å². The molecule has 0 saturated heterocycles. The maximum atomic E-state index is 12.3. The molecule has 0 saturated carbocycles. The van der Waals surface area contributed by atoms with Gasteiger partial charge in [-0.3, -0.25) is 19.0 Å². The van der Waals surface area contributed by atoms with Crippen molar-refractivity contribution in [2.45, 2.75) is 26.9 Å². The highest BCUT2D eigenvalue weighted by Gasteiger charge is 2.21. The fourth-order valence-electron chi connectivity index (χ4n) is 1.86. The summed E-state index contributed by atoms with van der Waals surface area (Å²) in [5.41, 5.74) is 0.779. The minimum atomic E-state index is -0.403. The number of nitrogens with one attached hydrogen (secondary N) is 2. The Labute approximate surface area is 136 Å². The number of aryl methyl sites for hydroxylation is 2. The zero-order valence-corrected chi connectivity index (χ0v) is 14.1. The summed E-state index contributed by atoms with van der Waals surface area (Å²) in [4.78, 5) is 24.2. The third-order valence-electron chi connectivity index (χ3n) is 3.03. The molecule has 2 aromatic rings. The minimum Gasteiger partial charge on any atom is -0.354 e. The predicted molar refractivity (Wildman–Crippen MR) is 84.8 cm³/mol. The van der Waals surface area contributed by atoms with E-state index in [2.05, 4.69) is 36.8 Å². The first-order chi connectivity index (χ1) is 10.5. The van der Waals surface area contributed by atoms with Gasteiger partial charge in [0.1, 0.15) is 0 Å². The Morgan fingerprint density at radius 1 is 1.09 bits per heavy atom. The van der Waals surface area contributed by atoms with Crippen LogP contribution in [0.5, 0.6) is 0 Å². The van der Waals surface area contributed by atoms with Gasteiger partial charge >= 0.3 is 0 Å². The van der Waals surface area contributed by atoms with Gasteiger partial charge in [-0.2, -0.15) is 10.2 Å². The first-order valence-corrected chi connectivity index (χ1v) is 7.63. The zero-order chi connectivity index (χ0) is 16.3. The molecule has 0 radical (unpaired) electrons. The van der Waals surface area contributed by atoms with Gasteiger partial charge in [0.2, 0.25) is 0 Å². The zero-order valence-electron chi connectivity index (χ0n) is 12.6. The molecule has 9 heteroatoms. The van der Waals surface area contributed by atoms with Crippen molar-refractivity contribution in [3.8, 4) is 0 Å². The third kappa shape index (κ3) is 3.19. The minimum absolute atomic E-state index is 0.170. The van der Waals surface area contributed by atoms with Gasteiger partial charge in [0, 0.05) is 32.5 Å². The van der Waals surface area contributed by atoms with Gasteiger partial charge in [-0.25, -0.2) is 0 Å². The van der Waals surface area contributed by atoms with Crippen LogP contribution in [0.15, 0.2) is 16.9 Å². The second-order valence-corrected chi connectivity index (χ2v) is 5.32. The van der Waals surface area contributed by atoms with E-state index < -0.39 is 5.91 Å². The van der Waals surface area contributed by atoms with Crippen LogP contribution >= 0.6 is 15.9 Å². The molecule has 0 aromatic carbocycles. The van der Waals surface area contributed by atoms with E-state index >= 15 is 0 Å². The molecule has 22 heavy (non-hydrogen) atoms. The molecule has 118 valence electrons. The van der Waals surface area contributed by atoms with E-state index in [-0.39, 0.29) is 17.3 Å². The fraction of sp³-hybridized carbons (Fsp3) is 0.385. The molecule has 0 aliphatic carbocycles. The van der Waals surface area contributed by atoms with Crippen LogP contribution in [0.1, 0.15) is 34.8 Å². The van der Waals surface area contributed by atoms with Gasteiger partial charge in [-0.05, 0) is 29.8 Å². The molecule has 2 N–H and O–H groups in total. The highest BCUT2D eigenvalue weighted by atomic mass is 79.9. The van der Waals surface area contributed by atoms with Crippen LogP contribution in [-0.2, 0) is 13.1 Å². The van der Waals surface area contributed by atoms with Crippen LogP contribution in [0, 0.1) is 0 Å². The molecule has 0 spiro atoms. The summed E-state index contributed by atoms with van der Waals surface area (Å²) in [5.74, 6) is -0.763. The first kappa shape index (κ1) is 16.2. The van der Waals surface area contributed by atoms with Gasteiger partial charge in [0.15, 0.2) is 11.4 Å². The number of carbonyl (C=O) groups is 2. The lowest BCUT2D eigenvalue weighted by Gasteiger charge is -2.03. The van der Waals surface area contributed by atoms with Crippen molar-refractivity contribution in [2.75, 3.05) is 12.4 Å². The van der Waals surface area contributed by atoms with Crippen LogP contribution in [0.3, 0.4) is 0 Å². The average Bonchev–Trinajstić information content (AvgIpc) is 3.09. The normalized spacial score (nSPS) is 10.5. The van der Waals surface area contributed by atoms with E-state index in [1.54, 1.807) is 21.8 Å². The van der Waals surface area contributed by atoms with Crippen LogP contribution in [-0.4, -0.2) is 38.4 Å². The number of amides is 2. The maximum Gasteiger partial charge on any atom is 0.277 e. The fourth-order valence-corrected chi connectivity index (χ4v) is 2.35. The number of hydrogen-bond donors (Lipinski definition) is 2. The third-order valence-corrected chi connectivity index (χ3v) is 3.61. The predicted octanol–water partition coefficient (Wildman–Crippen LogP) is 1.49. The van der Waals surface area contributed by atoms with Crippen molar-refractivity contribution in [3.05, 3.63) is 28.3 Å². The largest absolute Gasteiger partial charge is 0.354 e. The molecule has 0 aliphatic heterocycles. The van der Waals surface area contributed by atoms with Crippen molar-refractivity contribution in [1.29, 1.82) is 0 Å². The molecule has 2 aromatic heterocycles. The van der Waals surface area contributed by atoms with Crippen molar-refractivity contribution >= 4 is 33.4 Å². The molecular weight excluding hydrogens is 352 g/mol. The molecule has 0 atom stereocenters.